The summed E-state index contributed by atoms with van der Waals surface area (Å²) < 4.78 is 1.02. The maximum absolute atomic E-state index is 2.84. The van der Waals surface area contributed by atoms with Crippen molar-refractivity contribution in [3.05, 3.63) is 0 Å². The van der Waals surface area contributed by atoms with Crippen molar-refractivity contribution in [2.24, 2.45) is 29.6 Å². The van der Waals surface area contributed by atoms with E-state index in [-0.39, 0.29) is 0 Å². The van der Waals surface area contributed by atoms with E-state index in [1.807, 2.05) is 0 Å². The van der Waals surface area contributed by atoms with Gasteiger partial charge in [-0.2, -0.15) is 0 Å². The van der Waals surface area contributed by atoms with E-state index in [4.69, 9.17) is 0 Å². The summed E-state index contributed by atoms with van der Waals surface area (Å²) in [7, 11) is 0. The highest BCUT2D eigenvalue weighted by Crippen LogP contribution is 2.55. The third-order valence-electron chi connectivity index (χ3n) is 5.92. The summed E-state index contributed by atoms with van der Waals surface area (Å²) in [4.78, 5) is 0. The van der Waals surface area contributed by atoms with Crippen LogP contribution in [0.25, 0.3) is 0 Å². The Kier molecular flexibility index (Phi) is 3.52. The lowest BCUT2D eigenvalue weighted by molar-refractivity contribution is 0.00933. The van der Waals surface area contributed by atoms with Gasteiger partial charge >= 0.3 is 0 Å². The molecule has 0 aromatic carbocycles. The van der Waals surface area contributed by atoms with Crippen LogP contribution in [0.3, 0.4) is 0 Å². The summed E-state index contributed by atoms with van der Waals surface area (Å²) in [5.41, 5.74) is 0. The molecular formula is C15H25I. The number of alkyl halides is 1. The molecule has 4 atom stereocenters. The van der Waals surface area contributed by atoms with Gasteiger partial charge in [0.1, 0.15) is 0 Å². The van der Waals surface area contributed by atoms with Crippen LogP contribution in [-0.4, -0.2) is 3.92 Å². The summed E-state index contributed by atoms with van der Waals surface area (Å²) in [6, 6.07) is 0. The second-order valence-corrected chi connectivity index (χ2v) is 7.97. The highest BCUT2D eigenvalue weighted by molar-refractivity contribution is 14.1. The molecule has 92 valence electrons. The van der Waals surface area contributed by atoms with E-state index in [1.54, 1.807) is 25.7 Å². The third-order valence-corrected chi connectivity index (χ3v) is 7.77. The summed E-state index contributed by atoms with van der Waals surface area (Å²) in [6.07, 6.45) is 12.3. The number of fused-ring (bicyclic) bond motifs is 2. The first-order chi connectivity index (χ1) is 7.79. The highest BCUT2D eigenvalue weighted by atomic mass is 127. The first kappa shape index (κ1) is 11.8. The summed E-state index contributed by atoms with van der Waals surface area (Å²) in [5.74, 6) is 5.40. The molecule has 1 heteroatoms. The molecule has 3 fully saturated rings. The second-order valence-electron chi connectivity index (χ2n) is 6.53. The molecule has 3 rings (SSSR count). The van der Waals surface area contributed by atoms with Gasteiger partial charge in [0, 0.05) is 3.92 Å². The van der Waals surface area contributed by atoms with Gasteiger partial charge < -0.3 is 0 Å². The number of hydrogen-bond acceptors (Lipinski definition) is 0. The van der Waals surface area contributed by atoms with Gasteiger partial charge in [0.15, 0.2) is 0 Å². The predicted molar refractivity (Wildman–Crippen MR) is 77.9 cm³/mol. The number of hydrogen-bond donors (Lipinski definition) is 0. The van der Waals surface area contributed by atoms with Crippen LogP contribution in [0.2, 0.25) is 0 Å². The largest absolute Gasteiger partial charge is 0.0820 e. The van der Waals surface area contributed by atoms with Crippen molar-refractivity contribution in [1.29, 1.82) is 0 Å². The first-order valence-electron chi connectivity index (χ1n) is 7.43. The van der Waals surface area contributed by atoms with Gasteiger partial charge in [-0.1, -0.05) is 55.2 Å². The van der Waals surface area contributed by atoms with Gasteiger partial charge in [0.2, 0.25) is 0 Å². The highest BCUT2D eigenvalue weighted by Gasteiger charge is 2.48. The van der Waals surface area contributed by atoms with E-state index >= 15 is 0 Å². The molecule has 0 spiro atoms. The van der Waals surface area contributed by atoms with Crippen molar-refractivity contribution in [3.8, 4) is 0 Å². The van der Waals surface area contributed by atoms with Gasteiger partial charge in [0.05, 0.1) is 0 Å². The van der Waals surface area contributed by atoms with Crippen molar-refractivity contribution in [1.82, 2.24) is 0 Å². The van der Waals surface area contributed by atoms with Crippen LogP contribution in [0.15, 0.2) is 0 Å². The Bertz CT molecular complexity index is 200. The van der Waals surface area contributed by atoms with Crippen molar-refractivity contribution in [2.75, 3.05) is 0 Å². The first-order valence-corrected chi connectivity index (χ1v) is 8.67. The molecule has 16 heavy (non-hydrogen) atoms. The fraction of sp³-hybridized carbons (Fsp3) is 1.00. The van der Waals surface area contributed by atoms with Crippen molar-refractivity contribution < 1.29 is 0 Å². The molecule has 0 bridgehead atoms. The molecule has 0 aromatic heterocycles. The van der Waals surface area contributed by atoms with Gasteiger partial charge in [-0.15, -0.1) is 0 Å². The fourth-order valence-corrected chi connectivity index (χ4v) is 6.89. The average Bonchev–Trinajstić information content (AvgIpc) is 2.36. The van der Waals surface area contributed by atoms with Crippen LogP contribution in [-0.2, 0) is 0 Å². The van der Waals surface area contributed by atoms with Crippen molar-refractivity contribution in [3.63, 3.8) is 0 Å². The minimum Gasteiger partial charge on any atom is -0.0820 e. The van der Waals surface area contributed by atoms with Crippen LogP contribution < -0.4 is 0 Å². The van der Waals surface area contributed by atoms with E-state index < -0.39 is 0 Å². The van der Waals surface area contributed by atoms with Crippen LogP contribution in [0.1, 0.15) is 58.3 Å². The Balaban J connectivity index is 1.83. The molecule has 0 aliphatic heterocycles. The summed E-state index contributed by atoms with van der Waals surface area (Å²) in [6.45, 7) is 2.59. The van der Waals surface area contributed by atoms with Gasteiger partial charge in [0.25, 0.3) is 0 Å². The van der Waals surface area contributed by atoms with Crippen LogP contribution in [0.5, 0.6) is 0 Å². The lowest BCUT2D eigenvalue weighted by Gasteiger charge is -2.53. The Morgan fingerprint density at radius 3 is 1.50 bits per heavy atom. The SMILES string of the molecule is CC1C2CCCCC2C(I)C2CCCCC12. The average molecular weight is 332 g/mol. The Morgan fingerprint density at radius 1 is 0.688 bits per heavy atom. The zero-order chi connectivity index (χ0) is 11.1. The molecule has 0 N–H and O–H groups in total. The minimum absolute atomic E-state index is 1.02. The summed E-state index contributed by atoms with van der Waals surface area (Å²) >= 11 is 2.84. The number of rotatable bonds is 0. The lowest BCUT2D eigenvalue weighted by atomic mass is 9.55. The number of halogens is 1. The lowest BCUT2D eigenvalue weighted by Crippen LogP contribution is -2.48. The van der Waals surface area contributed by atoms with E-state index in [0.717, 1.165) is 33.5 Å². The molecule has 3 saturated carbocycles. The molecule has 0 radical (unpaired) electrons. The molecule has 0 nitrogen and oxygen atoms in total. The third kappa shape index (κ3) is 1.85. The van der Waals surface area contributed by atoms with Crippen molar-refractivity contribution in [2.45, 2.75) is 62.2 Å². The Hall–Kier alpha value is 0.730. The van der Waals surface area contributed by atoms with Gasteiger partial charge in [-0.25, -0.2) is 0 Å². The molecule has 0 amide bonds. The smallest absolute Gasteiger partial charge is 0.0172 e. The zero-order valence-corrected chi connectivity index (χ0v) is 12.7. The molecule has 0 saturated heterocycles. The normalized spacial score (nSPS) is 52.9. The van der Waals surface area contributed by atoms with Gasteiger partial charge in [-0.05, 0) is 55.3 Å². The molecule has 3 aliphatic carbocycles. The van der Waals surface area contributed by atoms with Crippen LogP contribution in [0.4, 0.5) is 0 Å². The minimum atomic E-state index is 1.02. The quantitative estimate of drug-likeness (QED) is 0.430. The molecule has 3 aliphatic rings. The topological polar surface area (TPSA) is 0 Å². The molecule has 4 unspecified atom stereocenters. The van der Waals surface area contributed by atoms with E-state index in [2.05, 4.69) is 29.5 Å². The van der Waals surface area contributed by atoms with E-state index in [1.165, 1.54) is 25.7 Å². The van der Waals surface area contributed by atoms with E-state index in [9.17, 15) is 0 Å². The monoisotopic (exact) mass is 332 g/mol. The van der Waals surface area contributed by atoms with E-state index in [0.29, 0.717) is 0 Å². The maximum atomic E-state index is 2.84. The van der Waals surface area contributed by atoms with Crippen LogP contribution >= 0.6 is 22.6 Å². The molecule has 0 aromatic rings. The second kappa shape index (κ2) is 4.78. The standard InChI is InChI=1S/C15H25I/c1-10-11-6-2-4-8-13(11)15(16)14-9-5-3-7-12(10)14/h10-15H,2-9H2,1H3. The Morgan fingerprint density at radius 2 is 1.06 bits per heavy atom. The predicted octanol–water partition coefficient (Wildman–Crippen LogP) is 5.05. The van der Waals surface area contributed by atoms with Crippen molar-refractivity contribution >= 4 is 22.6 Å². The van der Waals surface area contributed by atoms with Gasteiger partial charge in [-0.3, -0.25) is 0 Å². The molecule has 0 heterocycles. The Labute approximate surface area is 114 Å². The maximum Gasteiger partial charge on any atom is 0.0172 e. The van der Waals surface area contributed by atoms with Crippen LogP contribution in [0, 0.1) is 29.6 Å². The zero-order valence-electron chi connectivity index (χ0n) is 10.5. The fourth-order valence-electron chi connectivity index (χ4n) is 5.11. The summed E-state index contributed by atoms with van der Waals surface area (Å²) in [5, 5.41) is 0. The molecular weight excluding hydrogens is 307 g/mol.